The van der Waals surface area contributed by atoms with Crippen LogP contribution >= 0.6 is 0 Å². The number of methoxy groups -OCH3 is 1. The van der Waals surface area contributed by atoms with E-state index in [1.165, 1.54) is 24.3 Å². The standard InChI is InChI=1S/C13H11F3N2O3/c1-20-10-3-2-7(6-8(10)13(14,15)16)9-4-5-11(21-9)12(17)18-19/h2-6,19H,1H3,(H2,17,18). The number of alkyl halides is 3. The van der Waals surface area contributed by atoms with Gasteiger partial charge in [0.2, 0.25) is 5.84 Å². The zero-order chi connectivity index (χ0) is 15.6. The second kappa shape index (κ2) is 5.39. The summed E-state index contributed by atoms with van der Waals surface area (Å²) < 4.78 is 48.7. The topological polar surface area (TPSA) is 81.0 Å². The lowest BCUT2D eigenvalue weighted by atomic mass is 10.1. The Hall–Kier alpha value is -2.64. The van der Waals surface area contributed by atoms with Crippen LogP contribution in [0.4, 0.5) is 13.2 Å². The van der Waals surface area contributed by atoms with Crippen molar-refractivity contribution in [2.75, 3.05) is 7.11 Å². The van der Waals surface area contributed by atoms with Crippen molar-refractivity contribution in [1.29, 1.82) is 0 Å². The van der Waals surface area contributed by atoms with Gasteiger partial charge in [-0.15, -0.1) is 0 Å². The van der Waals surface area contributed by atoms with Gasteiger partial charge in [0.15, 0.2) is 5.76 Å². The number of amidine groups is 1. The average Bonchev–Trinajstić information content (AvgIpc) is 2.94. The fourth-order valence-corrected chi connectivity index (χ4v) is 1.76. The van der Waals surface area contributed by atoms with Gasteiger partial charge in [-0.05, 0) is 30.3 Å². The van der Waals surface area contributed by atoms with Crippen LogP contribution in [0.25, 0.3) is 11.3 Å². The van der Waals surface area contributed by atoms with Crippen LogP contribution in [0.1, 0.15) is 11.3 Å². The molecular weight excluding hydrogens is 289 g/mol. The van der Waals surface area contributed by atoms with E-state index >= 15 is 0 Å². The first-order chi connectivity index (χ1) is 9.86. The van der Waals surface area contributed by atoms with Crippen molar-refractivity contribution in [2.24, 2.45) is 10.9 Å². The quantitative estimate of drug-likeness (QED) is 0.395. The third kappa shape index (κ3) is 2.93. The summed E-state index contributed by atoms with van der Waals surface area (Å²) in [6.07, 6.45) is -4.55. The van der Waals surface area contributed by atoms with Crippen LogP contribution in [0, 0.1) is 0 Å². The highest BCUT2D eigenvalue weighted by atomic mass is 19.4. The van der Waals surface area contributed by atoms with E-state index in [0.717, 1.165) is 13.2 Å². The summed E-state index contributed by atoms with van der Waals surface area (Å²) in [5, 5.41) is 11.3. The molecule has 1 heterocycles. The SMILES string of the molecule is COc1ccc(-c2ccc(/C(N)=N\O)o2)cc1C(F)(F)F. The molecule has 0 aliphatic rings. The molecular formula is C13H11F3N2O3. The lowest BCUT2D eigenvalue weighted by Gasteiger charge is -2.12. The van der Waals surface area contributed by atoms with Gasteiger partial charge in [0, 0.05) is 5.56 Å². The summed E-state index contributed by atoms with van der Waals surface area (Å²) in [5.41, 5.74) is 4.62. The maximum atomic E-state index is 12.9. The molecule has 0 fully saturated rings. The highest BCUT2D eigenvalue weighted by Gasteiger charge is 2.34. The number of halogens is 3. The Bertz CT molecular complexity index is 678. The number of ether oxygens (including phenoxy) is 1. The number of oxime groups is 1. The van der Waals surface area contributed by atoms with Gasteiger partial charge in [0.05, 0.1) is 12.7 Å². The molecule has 0 amide bonds. The van der Waals surface area contributed by atoms with Gasteiger partial charge in [-0.2, -0.15) is 13.2 Å². The van der Waals surface area contributed by atoms with Crippen LogP contribution < -0.4 is 10.5 Å². The molecule has 8 heteroatoms. The third-order valence-corrected chi connectivity index (χ3v) is 2.76. The zero-order valence-corrected chi connectivity index (χ0v) is 10.8. The molecule has 0 atom stereocenters. The van der Waals surface area contributed by atoms with Gasteiger partial charge < -0.3 is 20.1 Å². The first kappa shape index (κ1) is 14.8. The van der Waals surface area contributed by atoms with Crippen molar-refractivity contribution in [3.05, 3.63) is 41.7 Å². The minimum Gasteiger partial charge on any atom is -0.496 e. The van der Waals surface area contributed by atoms with Crippen LogP contribution in [-0.4, -0.2) is 18.2 Å². The van der Waals surface area contributed by atoms with E-state index in [4.69, 9.17) is 20.1 Å². The molecule has 112 valence electrons. The first-order valence-electron chi connectivity index (χ1n) is 5.70. The Morgan fingerprint density at radius 1 is 1.29 bits per heavy atom. The maximum Gasteiger partial charge on any atom is 0.419 e. The lowest BCUT2D eigenvalue weighted by Crippen LogP contribution is -2.11. The van der Waals surface area contributed by atoms with E-state index in [2.05, 4.69) is 5.16 Å². The van der Waals surface area contributed by atoms with E-state index in [0.29, 0.717) is 0 Å². The Morgan fingerprint density at radius 2 is 2.00 bits per heavy atom. The molecule has 21 heavy (non-hydrogen) atoms. The number of furan rings is 1. The minimum atomic E-state index is -4.55. The highest BCUT2D eigenvalue weighted by molar-refractivity contribution is 5.94. The molecule has 1 aromatic carbocycles. The van der Waals surface area contributed by atoms with Crippen molar-refractivity contribution >= 4 is 5.84 Å². The summed E-state index contributed by atoms with van der Waals surface area (Å²) in [4.78, 5) is 0. The number of nitrogens with zero attached hydrogens (tertiary/aromatic N) is 1. The molecule has 0 aliphatic carbocycles. The van der Waals surface area contributed by atoms with Crippen LogP contribution in [0.2, 0.25) is 0 Å². The molecule has 0 bridgehead atoms. The molecule has 3 N–H and O–H groups in total. The smallest absolute Gasteiger partial charge is 0.419 e. The summed E-state index contributed by atoms with van der Waals surface area (Å²) in [7, 11) is 1.16. The van der Waals surface area contributed by atoms with Crippen molar-refractivity contribution in [1.82, 2.24) is 0 Å². The number of nitrogens with two attached hydrogens (primary N) is 1. The normalized spacial score (nSPS) is 12.5. The van der Waals surface area contributed by atoms with Crippen molar-refractivity contribution in [3.63, 3.8) is 0 Å². The zero-order valence-electron chi connectivity index (χ0n) is 10.8. The van der Waals surface area contributed by atoms with Crippen LogP contribution in [0.15, 0.2) is 39.9 Å². The number of hydrogen-bond donors (Lipinski definition) is 2. The summed E-state index contributed by atoms with van der Waals surface area (Å²) >= 11 is 0. The van der Waals surface area contributed by atoms with Crippen molar-refractivity contribution in [3.8, 4) is 17.1 Å². The average molecular weight is 300 g/mol. The number of hydrogen-bond acceptors (Lipinski definition) is 4. The summed E-state index contributed by atoms with van der Waals surface area (Å²) in [6.45, 7) is 0. The van der Waals surface area contributed by atoms with Gasteiger partial charge in [-0.3, -0.25) is 0 Å². The Labute approximate surface area is 117 Å². The molecule has 0 spiro atoms. The minimum absolute atomic E-state index is 0.0527. The summed E-state index contributed by atoms with van der Waals surface area (Å²) in [5.74, 6) is -0.345. The van der Waals surface area contributed by atoms with Gasteiger partial charge in [0.25, 0.3) is 0 Å². The summed E-state index contributed by atoms with van der Waals surface area (Å²) in [6, 6.07) is 6.34. The number of rotatable bonds is 3. The second-order valence-corrected chi connectivity index (χ2v) is 4.06. The van der Waals surface area contributed by atoms with E-state index < -0.39 is 11.7 Å². The molecule has 2 aromatic rings. The Kier molecular flexibility index (Phi) is 3.79. The second-order valence-electron chi connectivity index (χ2n) is 4.06. The van der Waals surface area contributed by atoms with Crippen molar-refractivity contribution in [2.45, 2.75) is 6.18 Å². The Balaban J connectivity index is 2.48. The lowest BCUT2D eigenvalue weighted by molar-refractivity contribution is -0.138. The molecule has 0 saturated heterocycles. The van der Waals surface area contributed by atoms with Crippen LogP contribution in [-0.2, 0) is 6.18 Å². The molecule has 5 nitrogen and oxygen atoms in total. The largest absolute Gasteiger partial charge is 0.496 e. The third-order valence-electron chi connectivity index (χ3n) is 2.76. The molecule has 2 rings (SSSR count). The van der Waals surface area contributed by atoms with Gasteiger partial charge in [-0.25, -0.2) is 0 Å². The van der Waals surface area contributed by atoms with Crippen LogP contribution in [0.3, 0.4) is 0 Å². The predicted octanol–water partition coefficient (Wildman–Crippen LogP) is 3.07. The number of benzene rings is 1. The van der Waals surface area contributed by atoms with E-state index in [1.807, 2.05) is 0 Å². The van der Waals surface area contributed by atoms with E-state index in [1.54, 1.807) is 0 Å². The van der Waals surface area contributed by atoms with E-state index in [9.17, 15) is 13.2 Å². The fraction of sp³-hybridized carbons (Fsp3) is 0.154. The maximum absolute atomic E-state index is 12.9. The van der Waals surface area contributed by atoms with Gasteiger partial charge in [-0.1, -0.05) is 5.16 Å². The van der Waals surface area contributed by atoms with Crippen LogP contribution in [0.5, 0.6) is 5.75 Å². The fourth-order valence-electron chi connectivity index (χ4n) is 1.76. The predicted molar refractivity (Wildman–Crippen MR) is 68.2 cm³/mol. The van der Waals surface area contributed by atoms with Crippen molar-refractivity contribution < 1.29 is 27.5 Å². The first-order valence-corrected chi connectivity index (χ1v) is 5.70. The molecule has 0 saturated carbocycles. The molecule has 1 aromatic heterocycles. The monoisotopic (exact) mass is 300 g/mol. The molecule has 0 radical (unpaired) electrons. The highest BCUT2D eigenvalue weighted by Crippen LogP contribution is 2.38. The molecule has 0 unspecified atom stereocenters. The molecule has 0 aliphatic heterocycles. The van der Waals surface area contributed by atoms with Gasteiger partial charge in [0.1, 0.15) is 11.5 Å². The Morgan fingerprint density at radius 3 is 2.57 bits per heavy atom. The van der Waals surface area contributed by atoms with Gasteiger partial charge >= 0.3 is 6.18 Å². The van der Waals surface area contributed by atoms with E-state index in [-0.39, 0.29) is 28.7 Å².